The first-order valence-corrected chi connectivity index (χ1v) is 7.87. The number of thiazole rings is 1. The Morgan fingerprint density at radius 1 is 1.27 bits per heavy atom. The van der Waals surface area contributed by atoms with Crippen molar-refractivity contribution in [2.45, 2.75) is 20.3 Å². The molecule has 22 heavy (non-hydrogen) atoms. The summed E-state index contributed by atoms with van der Waals surface area (Å²) in [7, 11) is 1.57. The average Bonchev–Trinajstić information content (AvgIpc) is 2.83. The van der Waals surface area contributed by atoms with Crippen molar-refractivity contribution in [2.24, 2.45) is 0 Å². The fourth-order valence-electron chi connectivity index (χ4n) is 2.05. The second kappa shape index (κ2) is 7.79. The summed E-state index contributed by atoms with van der Waals surface area (Å²) in [6.45, 7) is 4.53. The molecule has 0 spiro atoms. The van der Waals surface area contributed by atoms with Gasteiger partial charge in [0.15, 0.2) is 18.1 Å². The minimum Gasteiger partial charge on any atom is -0.493 e. The Morgan fingerprint density at radius 2 is 2.00 bits per heavy atom. The number of benzene rings is 1. The highest BCUT2D eigenvalue weighted by Gasteiger charge is 2.08. The first-order valence-electron chi connectivity index (χ1n) is 7.05. The largest absolute Gasteiger partial charge is 0.493 e. The topological polar surface area (TPSA) is 60.5 Å². The molecule has 1 aromatic carbocycles. The molecular weight excluding hydrogens is 300 g/mol. The molecule has 5 nitrogen and oxygen atoms in total. The van der Waals surface area contributed by atoms with E-state index in [0.29, 0.717) is 18.0 Å². The maximum atomic E-state index is 11.8. The fourth-order valence-corrected chi connectivity index (χ4v) is 2.99. The zero-order chi connectivity index (χ0) is 15.9. The van der Waals surface area contributed by atoms with Crippen molar-refractivity contribution in [3.8, 4) is 11.5 Å². The van der Waals surface area contributed by atoms with Gasteiger partial charge in [0, 0.05) is 17.8 Å². The van der Waals surface area contributed by atoms with Crippen LogP contribution in [0.3, 0.4) is 0 Å². The second-order valence-electron chi connectivity index (χ2n) is 4.78. The maximum Gasteiger partial charge on any atom is 0.257 e. The lowest BCUT2D eigenvalue weighted by Crippen LogP contribution is -2.30. The van der Waals surface area contributed by atoms with Crippen molar-refractivity contribution >= 4 is 17.2 Å². The molecule has 0 aliphatic heterocycles. The van der Waals surface area contributed by atoms with Crippen LogP contribution in [-0.4, -0.2) is 31.2 Å². The van der Waals surface area contributed by atoms with Crippen molar-refractivity contribution in [3.05, 3.63) is 39.8 Å². The van der Waals surface area contributed by atoms with E-state index in [4.69, 9.17) is 9.47 Å². The Morgan fingerprint density at radius 3 is 2.64 bits per heavy atom. The first kappa shape index (κ1) is 16.3. The van der Waals surface area contributed by atoms with E-state index < -0.39 is 0 Å². The van der Waals surface area contributed by atoms with Gasteiger partial charge in [-0.05, 0) is 26.0 Å². The molecule has 0 bridgehead atoms. The number of aromatic nitrogens is 1. The molecule has 0 radical (unpaired) electrons. The molecule has 0 fully saturated rings. The highest BCUT2D eigenvalue weighted by atomic mass is 32.1. The van der Waals surface area contributed by atoms with Crippen LogP contribution in [0.5, 0.6) is 11.5 Å². The minimum atomic E-state index is -0.148. The van der Waals surface area contributed by atoms with E-state index in [0.717, 1.165) is 17.1 Å². The lowest BCUT2D eigenvalue weighted by atomic mass is 10.3. The SMILES string of the molecule is COc1ccccc1OCC(=O)NCCc1sc(C)nc1C. The summed E-state index contributed by atoms with van der Waals surface area (Å²) < 4.78 is 10.6. The monoisotopic (exact) mass is 320 g/mol. The van der Waals surface area contributed by atoms with Gasteiger partial charge in [0.25, 0.3) is 5.91 Å². The van der Waals surface area contributed by atoms with Crippen LogP contribution in [0.25, 0.3) is 0 Å². The van der Waals surface area contributed by atoms with E-state index in [-0.39, 0.29) is 12.5 Å². The number of carbonyl (C=O) groups is 1. The van der Waals surface area contributed by atoms with Crippen molar-refractivity contribution in [2.75, 3.05) is 20.3 Å². The quantitative estimate of drug-likeness (QED) is 0.851. The third-order valence-corrected chi connectivity index (χ3v) is 4.23. The van der Waals surface area contributed by atoms with Crippen LogP contribution in [0, 0.1) is 13.8 Å². The molecule has 6 heteroatoms. The maximum absolute atomic E-state index is 11.8. The summed E-state index contributed by atoms with van der Waals surface area (Å²) in [5.74, 6) is 1.03. The average molecular weight is 320 g/mol. The van der Waals surface area contributed by atoms with E-state index in [2.05, 4.69) is 10.3 Å². The Hall–Kier alpha value is -2.08. The zero-order valence-corrected chi connectivity index (χ0v) is 13.8. The van der Waals surface area contributed by atoms with Crippen LogP contribution in [0.1, 0.15) is 15.6 Å². The van der Waals surface area contributed by atoms with Crippen LogP contribution < -0.4 is 14.8 Å². The molecule has 0 saturated carbocycles. The van der Waals surface area contributed by atoms with Gasteiger partial charge in [-0.25, -0.2) is 4.98 Å². The van der Waals surface area contributed by atoms with Crippen molar-refractivity contribution in [1.29, 1.82) is 0 Å². The number of rotatable bonds is 7. The van der Waals surface area contributed by atoms with Crippen LogP contribution >= 0.6 is 11.3 Å². The fraction of sp³-hybridized carbons (Fsp3) is 0.375. The lowest BCUT2D eigenvalue weighted by molar-refractivity contribution is -0.123. The van der Waals surface area contributed by atoms with E-state index in [9.17, 15) is 4.79 Å². The van der Waals surface area contributed by atoms with Crippen LogP contribution in [0.2, 0.25) is 0 Å². The highest BCUT2D eigenvalue weighted by molar-refractivity contribution is 7.11. The summed E-state index contributed by atoms with van der Waals surface area (Å²) in [6.07, 6.45) is 0.789. The van der Waals surface area contributed by atoms with Gasteiger partial charge in [0.2, 0.25) is 0 Å². The van der Waals surface area contributed by atoms with Gasteiger partial charge in [0.05, 0.1) is 17.8 Å². The van der Waals surface area contributed by atoms with Gasteiger partial charge >= 0.3 is 0 Å². The minimum absolute atomic E-state index is 0.0267. The third kappa shape index (κ3) is 4.46. The van der Waals surface area contributed by atoms with Crippen molar-refractivity contribution < 1.29 is 14.3 Å². The van der Waals surface area contributed by atoms with Crippen LogP contribution in [-0.2, 0) is 11.2 Å². The van der Waals surface area contributed by atoms with Gasteiger partial charge in [-0.1, -0.05) is 12.1 Å². The molecule has 0 aliphatic rings. The number of nitrogens with zero attached hydrogens (tertiary/aromatic N) is 1. The smallest absolute Gasteiger partial charge is 0.257 e. The van der Waals surface area contributed by atoms with E-state index in [1.54, 1.807) is 30.6 Å². The Bertz CT molecular complexity index is 640. The molecule has 0 unspecified atom stereocenters. The van der Waals surface area contributed by atoms with E-state index >= 15 is 0 Å². The molecule has 118 valence electrons. The predicted octanol–water partition coefficient (Wildman–Crippen LogP) is 2.51. The molecular formula is C16H20N2O3S. The standard InChI is InChI=1S/C16H20N2O3S/c1-11-15(22-12(2)18-11)8-9-17-16(19)10-21-14-7-5-4-6-13(14)20-3/h4-7H,8-10H2,1-3H3,(H,17,19). The molecule has 0 atom stereocenters. The van der Waals surface area contributed by atoms with E-state index in [1.807, 2.05) is 26.0 Å². The van der Waals surface area contributed by atoms with Gasteiger partial charge < -0.3 is 14.8 Å². The van der Waals surface area contributed by atoms with Crippen LogP contribution in [0.4, 0.5) is 0 Å². The number of hydrogen-bond acceptors (Lipinski definition) is 5. The van der Waals surface area contributed by atoms with Gasteiger partial charge in [-0.15, -0.1) is 11.3 Å². The Balaban J connectivity index is 1.75. The predicted molar refractivity (Wildman–Crippen MR) is 86.8 cm³/mol. The van der Waals surface area contributed by atoms with Gasteiger partial charge in [-0.2, -0.15) is 0 Å². The summed E-state index contributed by atoms with van der Waals surface area (Å²) >= 11 is 1.67. The second-order valence-corrected chi connectivity index (χ2v) is 6.07. The molecule has 1 aromatic heterocycles. The molecule has 2 aromatic rings. The van der Waals surface area contributed by atoms with Gasteiger partial charge in [0.1, 0.15) is 0 Å². The summed E-state index contributed by atoms with van der Waals surface area (Å²) in [5.41, 5.74) is 1.04. The Kier molecular flexibility index (Phi) is 5.77. The number of amides is 1. The molecule has 2 rings (SSSR count). The number of aryl methyl sites for hydroxylation is 2. The highest BCUT2D eigenvalue weighted by Crippen LogP contribution is 2.25. The Labute approximate surface area is 134 Å². The molecule has 1 amide bonds. The zero-order valence-electron chi connectivity index (χ0n) is 13.0. The summed E-state index contributed by atoms with van der Waals surface area (Å²) in [5, 5.41) is 3.90. The molecule has 0 aliphatic carbocycles. The number of methoxy groups -OCH3 is 1. The van der Waals surface area contributed by atoms with Crippen molar-refractivity contribution in [1.82, 2.24) is 10.3 Å². The number of para-hydroxylation sites is 2. The summed E-state index contributed by atoms with van der Waals surface area (Å²) in [4.78, 5) is 17.4. The molecule has 1 heterocycles. The molecule has 0 saturated heterocycles. The third-order valence-electron chi connectivity index (χ3n) is 3.10. The van der Waals surface area contributed by atoms with Crippen molar-refractivity contribution in [3.63, 3.8) is 0 Å². The normalized spacial score (nSPS) is 10.3. The number of nitrogens with one attached hydrogen (secondary N) is 1. The first-order chi connectivity index (χ1) is 10.6. The van der Waals surface area contributed by atoms with E-state index in [1.165, 1.54) is 4.88 Å². The van der Waals surface area contributed by atoms with Gasteiger partial charge in [-0.3, -0.25) is 4.79 Å². The number of carbonyl (C=O) groups excluding carboxylic acids is 1. The number of ether oxygens (including phenoxy) is 2. The van der Waals surface area contributed by atoms with Crippen LogP contribution in [0.15, 0.2) is 24.3 Å². The summed E-state index contributed by atoms with van der Waals surface area (Å²) in [6, 6.07) is 7.26. The molecule has 1 N–H and O–H groups in total. The lowest BCUT2D eigenvalue weighted by Gasteiger charge is -2.10. The number of hydrogen-bond donors (Lipinski definition) is 1.